The maximum Gasteiger partial charge on any atom is 0.417 e. The Bertz CT molecular complexity index is 1230. The summed E-state index contributed by atoms with van der Waals surface area (Å²) < 4.78 is 39.0. The summed E-state index contributed by atoms with van der Waals surface area (Å²) >= 11 is 5.61. The Morgan fingerprint density at radius 1 is 1.07 bits per heavy atom. The van der Waals surface area contributed by atoms with Gasteiger partial charge in [-0.3, -0.25) is 4.79 Å². The van der Waals surface area contributed by atoms with Gasteiger partial charge in [0.05, 0.1) is 17.0 Å². The molecule has 8 heteroatoms. The Morgan fingerprint density at radius 3 is 2.70 bits per heavy atom. The van der Waals surface area contributed by atoms with E-state index in [0.717, 1.165) is 39.9 Å². The minimum Gasteiger partial charge on any atom is -0.346 e. The predicted octanol–water partition coefficient (Wildman–Crippen LogP) is 6.08. The van der Waals surface area contributed by atoms with Crippen molar-refractivity contribution in [2.45, 2.75) is 12.6 Å². The molecule has 1 amide bonds. The van der Waals surface area contributed by atoms with E-state index in [2.05, 4.69) is 15.3 Å². The highest BCUT2D eigenvalue weighted by Gasteiger charge is 2.33. The molecule has 0 aliphatic heterocycles. The third kappa shape index (κ3) is 4.31. The number of H-pyrrole nitrogens is 1. The van der Waals surface area contributed by atoms with Crippen molar-refractivity contribution in [2.24, 2.45) is 0 Å². The van der Waals surface area contributed by atoms with Crippen LogP contribution < -0.4 is 5.32 Å². The number of aromatic nitrogens is 2. The second-order valence-electron chi connectivity index (χ2n) is 6.76. The number of anilines is 1. The summed E-state index contributed by atoms with van der Waals surface area (Å²) in [4.78, 5) is 19.8. The molecule has 4 nitrogen and oxygen atoms in total. The van der Waals surface area contributed by atoms with E-state index >= 15 is 0 Å². The van der Waals surface area contributed by atoms with Crippen LogP contribution in [0.25, 0.3) is 22.2 Å². The van der Waals surface area contributed by atoms with Gasteiger partial charge < -0.3 is 10.3 Å². The zero-order chi connectivity index (χ0) is 21.3. The monoisotopic (exact) mass is 429 g/mol. The van der Waals surface area contributed by atoms with E-state index < -0.39 is 22.7 Å². The largest absolute Gasteiger partial charge is 0.417 e. The maximum atomic E-state index is 13.0. The number of nitrogens with one attached hydrogen (secondary N) is 2. The van der Waals surface area contributed by atoms with Gasteiger partial charge >= 0.3 is 6.18 Å². The Balaban J connectivity index is 1.51. The van der Waals surface area contributed by atoms with E-state index in [4.69, 9.17) is 11.6 Å². The van der Waals surface area contributed by atoms with Gasteiger partial charge in [0, 0.05) is 29.0 Å². The van der Waals surface area contributed by atoms with E-state index in [9.17, 15) is 18.0 Å². The lowest BCUT2D eigenvalue weighted by Crippen LogP contribution is -2.15. The van der Waals surface area contributed by atoms with Crippen LogP contribution in [0.1, 0.15) is 11.1 Å². The lowest BCUT2D eigenvalue weighted by molar-refractivity contribution is -0.137. The Morgan fingerprint density at radius 2 is 1.90 bits per heavy atom. The Labute approximate surface area is 174 Å². The molecule has 2 N–H and O–H groups in total. The lowest BCUT2D eigenvalue weighted by Gasteiger charge is -2.12. The molecule has 0 fully saturated rings. The van der Waals surface area contributed by atoms with Crippen LogP contribution in [-0.2, 0) is 17.4 Å². The second-order valence-corrected chi connectivity index (χ2v) is 7.16. The van der Waals surface area contributed by atoms with Gasteiger partial charge in [0.15, 0.2) is 0 Å². The third-order valence-electron chi connectivity index (χ3n) is 4.58. The Hall–Kier alpha value is -3.32. The van der Waals surface area contributed by atoms with Crippen LogP contribution in [-0.4, -0.2) is 15.9 Å². The number of fused-ring (bicyclic) bond motifs is 1. The molecule has 4 aromatic rings. The van der Waals surface area contributed by atoms with E-state index in [1.165, 1.54) is 6.07 Å². The SMILES string of the molecule is O=C(Cc1cccc(-c2cnc3[nH]ccc3c2)c1)Nc1ccc(Cl)c(C(F)(F)F)c1. The summed E-state index contributed by atoms with van der Waals surface area (Å²) in [5, 5.41) is 3.05. The zero-order valence-electron chi connectivity index (χ0n) is 15.4. The number of carbonyl (C=O) groups excluding carboxylic acids is 1. The van der Waals surface area contributed by atoms with Crippen LogP contribution in [0.15, 0.2) is 67.0 Å². The van der Waals surface area contributed by atoms with Gasteiger partial charge in [-0.25, -0.2) is 4.98 Å². The molecule has 0 radical (unpaired) electrons. The highest BCUT2D eigenvalue weighted by atomic mass is 35.5. The standard InChI is InChI=1S/C22H15ClF3N3O/c23-19-5-4-17(11-18(19)22(24,25)26)29-20(30)9-13-2-1-3-14(8-13)16-10-15-6-7-27-21(15)28-12-16/h1-8,10-12H,9H2,(H,27,28)(H,29,30). The molecule has 30 heavy (non-hydrogen) atoms. The number of hydrogen-bond acceptors (Lipinski definition) is 2. The molecule has 152 valence electrons. The number of amides is 1. The average Bonchev–Trinajstić information content (AvgIpc) is 3.16. The van der Waals surface area contributed by atoms with Crippen LogP contribution in [0.2, 0.25) is 5.02 Å². The molecule has 0 saturated heterocycles. The van der Waals surface area contributed by atoms with Gasteiger partial charge in [-0.15, -0.1) is 0 Å². The highest BCUT2D eigenvalue weighted by molar-refractivity contribution is 6.31. The number of rotatable bonds is 4. The van der Waals surface area contributed by atoms with Gasteiger partial charge in [0.1, 0.15) is 5.65 Å². The maximum absolute atomic E-state index is 13.0. The lowest BCUT2D eigenvalue weighted by atomic mass is 10.0. The predicted molar refractivity (Wildman–Crippen MR) is 110 cm³/mol. The van der Waals surface area contributed by atoms with E-state index in [-0.39, 0.29) is 12.1 Å². The summed E-state index contributed by atoms with van der Waals surface area (Å²) in [6, 6.07) is 14.6. The first-order valence-electron chi connectivity index (χ1n) is 8.99. The smallest absolute Gasteiger partial charge is 0.346 e. The van der Waals surface area contributed by atoms with Crippen molar-refractivity contribution in [1.82, 2.24) is 9.97 Å². The van der Waals surface area contributed by atoms with Crippen molar-refractivity contribution in [3.8, 4) is 11.1 Å². The number of nitrogens with zero attached hydrogens (tertiary/aromatic N) is 1. The van der Waals surface area contributed by atoms with Crippen molar-refractivity contribution in [3.05, 3.63) is 83.1 Å². The van der Waals surface area contributed by atoms with E-state index in [1.54, 1.807) is 12.3 Å². The topological polar surface area (TPSA) is 57.8 Å². The van der Waals surface area contributed by atoms with Crippen LogP contribution in [0.4, 0.5) is 18.9 Å². The molecular formula is C22H15ClF3N3O. The molecular weight excluding hydrogens is 415 g/mol. The van der Waals surface area contributed by atoms with Crippen molar-refractivity contribution in [1.29, 1.82) is 0 Å². The van der Waals surface area contributed by atoms with Crippen molar-refractivity contribution in [3.63, 3.8) is 0 Å². The van der Waals surface area contributed by atoms with Crippen molar-refractivity contribution >= 4 is 34.2 Å². The average molecular weight is 430 g/mol. The quantitative estimate of drug-likeness (QED) is 0.413. The number of alkyl halides is 3. The molecule has 0 aliphatic rings. The minimum atomic E-state index is -4.60. The fourth-order valence-electron chi connectivity index (χ4n) is 3.17. The molecule has 0 unspecified atom stereocenters. The molecule has 2 heterocycles. The van der Waals surface area contributed by atoms with Crippen LogP contribution in [0.3, 0.4) is 0 Å². The number of benzene rings is 2. The first kappa shape index (κ1) is 20.0. The summed E-state index contributed by atoms with van der Waals surface area (Å²) in [5.41, 5.74) is 2.35. The van der Waals surface area contributed by atoms with Gasteiger partial charge in [-0.1, -0.05) is 35.9 Å². The van der Waals surface area contributed by atoms with E-state index in [0.29, 0.717) is 0 Å². The number of hydrogen-bond donors (Lipinski definition) is 2. The van der Waals surface area contributed by atoms with Crippen molar-refractivity contribution < 1.29 is 18.0 Å². The van der Waals surface area contributed by atoms with Crippen LogP contribution in [0.5, 0.6) is 0 Å². The Kier molecular flexibility index (Phi) is 5.22. The molecule has 0 aliphatic carbocycles. The molecule has 0 saturated carbocycles. The van der Waals surface area contributed by atoms with Gasteiger partial charge in [-0.05, 0) is 41.5 Å². The van der Waals surface area contributed by atoms with Gasteiger partial charge in [-0.2, -0.15) is 13.2 Å². The summed E-state index contributed by atoms with van der Waals surface area (Å²) in [7, 11) is 0. The van der Waals surface area contributed by atoms with Crippen LogP contribution in [0, 0.1) is 0 Å². The summed E-state index contributed by atoms with van der Waals surface area (Å²) in [5.74, 6) is -0.429. The molecule has 4 rings (SSSR count). The number of halogens is 4. The number of aromatic amines is 1. The minimum absolute atomic E-state index is 0.0116. The zero-order valence-corrected chi connectivity index (χ0v) is 16.2. The van der Waals surface area contributed by atoms with Gasteiger partial charge in [0.25, 0.3) is 0 Å². The molecule has 0 bridgehead atoms. The first-order chi connectivity index (χ1) is 14.3. The third-order valence-corrected chi connectivity index (χ3v) is 4.91. The first-order valence-corrected chi connectivity index (χ1v) is 9.36. The molecule has 2 aromatic heterocycles. The van der Waals surface area contributed by atoms with E-state index in [1.807, 2.05) is 36.5 Å². The summed E-state index contributed by atoms with van der Waals surface area (Å²) in [6.45, 7) is 0. The normalized spacial score (nSPS) is 11.6. The van der Waals surface area contributed by atoms with Crippen LogP contribution >= 0.6 is 11.6 Å². The summed E-state index contributed by atoms with van der Waals surface area (Å²) in [6.07, 6.45) is -1.04. The molecule has 2 aromatic carbocycles. The number of pyridine rings is 1. The molecule has 0 atom stereocenters. The molecule has 0 spiro atoms. The fourth-order valence-corrected chi connectivity index (χ4v) is 3.39. The second kappa shape index (κ2) is 7.84. The highest BCUT2D eigenvalue weighted by Crippen LogP contribution is 2.36. The fraction of sp³-hybridized carbons (Fsp3) is 0.0909. The van der Waals surface area contributed by atoms with Gasteiger partial charge in [0.2, 0.25) is 5.91 Å². The van der Waals surface area contributed by atoms with Crippen molar-refractivity contribution in [2.75, 3.05) is 5.32 Å². The number of carbonyl (C=O) groups is 1.